The topological polar surface area (TPSA) is 0 Å². The van der Waals surface area contributed by atoms with Gasteiger partial charge in [-0.25, -0.2) is 0 Å². The number of hydrogen-bond donors (Lipinski definition) is 0. The average molecular weight is 410 g/mol. The lowest BCUT2D eigenvalue weighted by atomic mass is 9.69. The summed E-state index contributed by atoms with van der Waals surface area (Å²) in [5.74, 6) is 0. The van der Waals surface area contributed by atoms with Gasteiger partial charge in [0.05, 0.1) is 13.3 Å². The molecule has 0 atom stereocenters. The van der Waals surface area contributed by atoms with E-state index in [1.807, 2.05) is 0 Å². The molecule has 2 aliphatic carbocycles. The Balaban J connectivity index is 1.86. The summed E-state index contributed by atoms with van der Waals surface area (Å²) in [5, 5.41) is 0. The van der Waals surface area contributed by atoms with Gasteiger partial charge in [-0.1, -0.05) is 95.3 Å². The molecule has 154 valence electrons. The van der Waals surface area contributed by atoms with E-state index in [9.17, 15) is 0 Å². The minimum Gasteiger partial charge on any atom is -0.0847 e. The number of benzene rings is 4. The summed E-state index contributed by atoms with van der Waals surface area (Å²) in [5.41, 5.74) is 17.6. The summed E-state index contributed by atoms with van der Waals surface area (Å²) in [4.78, 5) is 0. The molecule has 0 heterocycles. The number of aryl methyl sites for hydroxylation is 5. The first kappa shape index (κ1) is 19.6. The van der Waals surface area contributed by atoms with Crippen LogP contribution in [0.5, 0.6) is 0 Å². The van der Waals surface area contributed by atoms with Crippen molar-refractivity contribution in [3.05, 3.63) is 117 Å². The Hall–Kier alpha value is -3.06. The molecule has 0 N–H and O–H groups in total. The molecule has 0 aliphatic heterocycles. The van der Waals surface area contributed by atoms with Crippen LogP contribution in [0.25, 0.3) is 22.3 Å². The van der Waals surface area contributed by atoms with Crippen LogP contribution in [0, 0.1) is 27.7 Å². The van der Waals surface area contributed by atoms with E-state index in [-0.39, 0.29) is 5.41 Å². The van der Waals surface area contributed by atoms with Gasteiger partial charge in [-0.2, -0.15) is 0 Å². The molecule has 6 rings (SSSR count). The Morgan fingerprint density at radius 2 is 1.03 bits per heavy atom. The van der Waals surface area contributed by atoms with Crippen LogP contribution in [-0.4, -0.2) is 7.85 Å². The molecule has 1 spiro atoms. The van der Waals surface area contributed by atoms with Crippen LogP contribution in [0.2, 0.25) is 6.32 Å². The molecule has 0 saturated carbocycles. The molecule has 0 nitrogen and oxygen atoms in total. The van der Waals surface area contributed by atoms with Crippen molar-refractivity contribution in [1.29, 1.82) is 0 Å². The van der Waals surface area contributed by atoms with Gasteiger partial charge in [-0.3, -0.25) is 0 Å². The normalized spacial score (nSPS) is 14.2. The Kier molecular flexibility index (Phi) is 4.12. The summed E-state index contributed by atoms with van der Waals surface area (Å²) in [6, 6.07) is 25.8. The molecule has 0 bridgehead atoms. The van der Waals surface area contributed by atoms with E-state index in [4.69, 9.17) is 7.85 Å². The maximum atomic E-state index is 6.09. The lowest BCUT2D eigenvalue weighted by molar-refractivity contribution is 0.788. The SMILES string of the molecule is [B]CCc1cc(C)cc2c1-c1ccc(C)cc1C21c2cc(C)ccc2-c2ccc(C)cc21. The number of rotatable bonds is 2. The molecule has 0 unspecified atom stereocenters. The average Bonchev–Trinajstić information content (AvgIpc) is 3.19. The van der Waals surface area contributed by atoms with Gasteiger partial charge in [-0.15, -0.1) is 0 Å². The van der Waals surface area contributed by atoms with Crippen LogP contribution in [0.3, 0.4) is 0 Å². The first-order valence-electron chi connectivity index (χ1n) is 11.6. The van der Waals surface area contributed by atoms with Crippen LogP contribution in [0.4, 0.5) is 0 Å². The van der Waals surface area contributed by atoms with Gasteiger partial charge in [0.15, 0.2) is 0 Å². The standard InChI is InChI=1S/C31H27B/c1-18-5-8-23-24-9-6-19(2)15-27(24)31(26(23)14-18)28-16-20(3)7-10-25(28)30-22(11-12-32)13-21(4)17-29(30)31/h5-10,13-17H,11-12H2,1-4H3. The molecule has 2 aliphatic rings. The third kappa shape index (κ3) is 2.40. The maximum absolute atomic E-state index is 6.09. The Labute approximate surface area is 192 Å². The zero-order valence-electron chi connectivity index (χ0n) is 19.3. The van der Waals surface area contributed by atoms with E-state index < -0.39 is 0 Å². The fraction of sp³-hybridized carbons (Fsp3) is 0.226. The van der Waals surface area contributed by atoms with Crippen LogP contribution < -0.4 is 0 Å². The van der Waals surface area contributed by atoms with Gasteiger partial charge >= 0.3 is 0 Å². The second-order valence-corrected chi connectivity index (χ2v) is 9.78. The minimum atomic E-state index is -0.269. The molecule has 0 saturated heterocycles. The van der Waals surface area contributed by atoms with Crippen molar-refractivity contribution < 1.29 is 0 Å². The smallest absolute Gasteiger partial charge is 0.0726 e. The van der Waals surface area contributed by atoms with E-state index in [2.05, 4.69) is 94.4 Å². The zero-order chi connectivity index (χ0) is 22.2. The van der Waals surface area contributed by atoms with Crippen molar-refractivity contribution in [3.8, 4) is 22.3 Å². The predicted octanol–water partition coefficient (Wildman–Crippen LogP) is 7.39. The van der Waals surface area contributed by atoms with Gasteiger partial charge in [-0.05, 0) is 84.2 Å². The summed E-state index contributed by atoms with van der Waals surface area (Å²) in [6.45, 7) is 8.87. The molecule has 0 aromatic heterocycles. The summed E-state index contributed by atoms with van der Waals surface area (Å²) < 4.78 is 0. The highest BCUT2D eigenvalue weighted by Crippen LogP contribution is 2.63. The molecular formula is C31H27B. The molecule has 4 aromatic rings. The second-order valence-electron chi connectivity index (χ2n) is 9.78. The lowest BCUT2D eigenvalue weighted by Gasteiger charge is -2.31. The van der Waals surface area contributed by atoms with Crippen molar-refractivity contribution in [3.63, 3.8) is 0 Å². The lowest BCUT2D eigenvalue weighted by Crippen LogP contribution is -2.26. The van der Waals surface area contributed by atoms with Crippen molar-refractivity contribution in [1.82, 2.24) is 0 Å². The summed E-state index contributed by atoms with van der Waals surface area (Å²) >= 11 is 0. The first-order chi connectivity index (χ1) is 15.4. The van der Waals surface area contributed by atoms with Crippen LogP contribution in [0.1, 0.15) is 50.1 Å². The highest BCUT2D eigenvalue weighted by Gasteiger charge is 2.52. The quantitative estimate of drug-likeness (QED) is 0.261. The molecule has 4 aromatic carbocycles. The largest absolute Gasteiger partial charge is 0.0847 e. The van der Waals surface area contributed by atoms with Gasteiger partial charge in [0.25, 0.3) is 0 Å². The van der Waals surface area contributed by atoms with Crippen LogP contribution in [-0.2, 0) is 11.8 Å². The molecule has 2 radical (unpaired) electrons. The Bertz CT molecular complexity index is 1370. The number of fused-ring (bicyclic) bond motifs is 10. The van der Waals surface area contributed by atoms with Crippen molar-refractivity contribution in [2.75, 3.05) is 0 Å². The molecule has 0 amide bonds. The van der Waals surface area contributed by atoms with Gasteiger partial charge < -0.3 is 0 Å². The van der Waals surface area contributed by atoms with Crippen molar-refractivity contribution >= 4 is 7.85 Å². The molecule has 1 heteroatoms. The Morgan fingerprint density at radius 1 is 0.562 bits per heavy atom. The fourth-order valence-electron chi connectivity index (χ4n) is 6.29. The summed E-state index contributed by atoms with van der Waals surface area (Å²) in [7, 11) is 6.09. The van der Waals surface area contributed by atoms with Gasteiger partial charge in [0, 0.05) is 0 Å². The maximum Gasteiger partial charge on any atom is 0.0726 e. The predicted molar refractivity (Wildman–Crippen MR) is 136 cm³/mol. The van der Waals surface area contributed by atoms with Crippen LogP contribution in [0.15, 0.2) is 66.7 Å². The van der Waals surface area contributed by atoms with Crippen molar-refractivity contribution in [2.45, 2.75) is 45.9 Å². The highest BCUT2D eigenvalue weighted by molar-refractivity contribution is 6.08. The van der Waals surface area contributed by atoms with E-state index in [1.165, 1.54) is 72.3 Å². The monoisotopic (exact) mass is 410 g/mol. The third-order valence-corrected chi connectivity index (χ3v) is 7.48. The van der Waals surface area contributed by atoms with E-state index in [0.29, 0.717) is 6.32 Å². The van der Waals surface area contributed by atoms with Gasteiger partial charge in [0.2, 0.25) is 0 Å². The number of hydrogen-bond acceptors (Lipinski definition) is 0. The van der Waals surface area contributed by atoms with E-state index in [1.54, 1.807) is 0 Å². The molecule has 0 fully saturated rings. The van der Waals surface area contributed by atoms with Crippen LogP contribution >= 0.6 is 0 Å². The minimum absolute atomic E-state index is 0.269. The molecule has 32 heavy (non-hydrogen) atoms. The Morgan fingerprint density at radius 3 is 1.56 bits per heavy atom. The van der Waals surface area contributed by atoms with E-state index in [0.717, 1.165) is 6.42 Å². The summed E-state index contributed by atoms with van der Waals surface area (Å²) in [6.07, 6.45) is 1.56. The highest BCUT2D eigenvalue weighted by atomic mass is 14.5. The van der Waals surface area contributed by atoms with Gasteiger partial charge in [0.1, 0.15) is 0 Å². The molecular weight excluding hydrogens is 383 g/mol. The third-order valence-electron chi connectivity index (χ3n) is 7.48. The zero-order valence-corrected chi connectivity index (χ0v) is 19.3. The first-order valence-corrected chi connectivity index (χ1v) is 11.6. The van der Waals surface area contributed by atoms with E-state index >= 15 is 0 Å². The second kappa shape index (κ2) is 6.72. The van der Waals surface area contributed by atoms with Crippen molar-refractivity contribution in [2.24, 2.45) is 0 Å². The fourth-order valence-corrected chi connectivity index (χ4v) is 6.29.